The quantitative estimate of drug-likeness (QED) is 0.595. The van der Waals surface area contributed by atoms with E-state index in [0.29, 0.717) is 11.3 Å². The molecule has 1 aromatic carbocycles. The van der Waals surface area contributed by atoms with Crippen LogP contribution in [0.3, 0.4) is 0 Å². The van der Waals surface area contributed by atoms with E-state index in [0.717, 1.165) is 0 Å². The van der Waals surface area contributed by atoms with Crippen LogP contribution in [-0.4, -0.2) is 28.3 Å². The first-order valence-corrected chi connectivity index (χ1v) is 5.29. The van der Waals surface area contributed by atoms with Gasteiger partial charge >= 0.3 is 5.97 Å². The van der Waals surface area contributed by atoms with E-state index in [1.54, 1.807) is 13.0 Å². The lowest BCUT2D eigenvalue weighted by molar-refractivity contribution is 0.0698. The SMILES string of the molecule is Cc1cc(NC(C)(C)CO)cc(C(=O)O)c1N. The van der Waals surface area contributed by atoms with Gasteiger partial charge in [0, 0.05) is 11.4 Å². The van der Waals surface area contributed by atoms with Crippen LogP contribution in [0.25, 0.3) is 0 Å². The molecule has 0 saturated carbocycles. The molecule has 0 fully saturated rings. The second kappa shape index (κ2) is 4.63. The number of benzene rings is 1. The van der Waals surface area contributed by atoms with Gasteiger partial charge in [0.15, 0.2) is 0 Å². The van der Waals surface area contributed by atoms with Crippen LogP contribution in [0.15, 0.2) is 12.1 Å². The summed E-state index contributed by atoms with van der Waals surface area (Å²) in [6.45, 7) is 5.33. The first-order valence-electron chi connectivity index (χ1n) is 5.29. The zero-order valence-corrected chi connectivity index (χ0v) is 10.2. The molecule has 5 N–H and O–H groups in total. The molecule has 0 saturated heterocycles. The molecule has 0 spiro atoms. The van der Waals surface area contributed by atoms with Gasteiger partial charge in [-0.1, -0.05) is 0 Å². The molecule has 5 nitrogen and oxygen atoms in total. The molecule has 0 aromatic heterocycles. The number of aliphatic hydroxyl groups excluding tert-OH is 1. The van der Waals surface area contributed by atoms with Gasteiger partial charge in [-0.25, -0.2) is 4.79 Å². The zero-order valence-electron chi connectivity index (χ0n) is 10.2. The standard InChI is InChI=1S/C12H18N2O3/c1-7-4-8(14-12(2,3)6-15)5-9(10(7)13)11(16)17/h4-5,14-15H,6,13H2,1-3H3,(H,16,17). The maximum absolute atomic E-state index is 11.0. The maximum atomic E-state index is 11.0. The minimum atomic E-state index is -1.06. The van der Waals surface area contributed by atoms with E-state index < -0.39 is 11.5 Å². The zero-order chi connectivity index (χ0) is 13.2. The molecule has 17 heavy (non-hydrogen) atoms. The number of aliphatic hydroxyl groups is 1. The Morgan fingerprint density at radius 1 is 1.47 bits per heavy atom. The number of carbonyl (C=O) groups is 1. The number of aryl methyl sites for hydroxylation is 1. The van der Waals surface area contributed by atoms with Gasteiger partial charge in [0.25, 0.3) is 0 Å². The largest absolute Gasteiger partial charge is 0.478 e. The van der Waals surface area contributed by atoms with Gasteiger partial charge in [0.1, 0.15) is 0 Å². The molecule has 0 aliphatic carbocycles. The number of nitrogens with two attached hydrogens (primary N) is 1. The first-order chi connectivity index (χ1) is 7.76. The highest BCUT2D eigenvalue weighted by Gasteiger charge is 2.18. The normalized spacial score (nSPS) is 11.3. The van der Waals surface area contributed by atoms with Crippen molar-refractivity contribution in [2.75, 3.05) is 17.7 Å². The second-order valence-corrected chi connectivity index (χ2v) is 4.73. The predicted molar refractivity (Wildman–Crippen MR) is 67.3 cm³/mol. The Hall–Kier alpha value is -1.75. The summed E-state index contributed by atoms with van der Waals surface area (Å²) in [4.78, 5) is 11.0. The fourth-order valence-electron chi connectivity index (χ4n) is 1.48. The molecule has 0 radical (unpaired) electrons. The summed E-state index contributed by atoms with van der Waals surface area (Å²) in [5.41, 5.74) is 6.84. The van der Waals surface area contributed by atoms with Gasteiger partial charge < -0.3 is 21.3 Å². The third kappa shape index (κ3) is 3.10. The van der Waals surface area contributed by atoms with Crippen LogP contribution in [0.2, 0.25) is 0 Å². The number of nitrogen functional groups attached to an aromatic ring is 1. The molecule has 1 rings (SSSR count). The van der Waals surface area contributed by atoms with Gasteiger partial charge in [-0.3, -0.25) is 0 Å². The minimum absolute atomic E-state index is 0.0567. The molecule has 0 aliphatic heterocycles. The molecule has 0 amide bonds. The van der Waals surface area contributed by atoms with Crippen LogP contribution < -0.4 is 11.1 Å². The van der Waals surface area contributed by atoms with E-state index >= 15 is 0 Å². The Balaban J connectivity index is 3.15. The molecule has 0 unspecified atom stereocenters. The molecule has 0 atom stereocenters. The highest BCUT2D eigenvalue weighted by Crippen LogP contribution is 2.24. The highest BCUT2D eigenvalue weighted by molar-refractivity contribution is 5.95. The summed E-state index contributed by atoms with van der Waals surface area (Å²) < 4.78 is 0. The number of anilines is 2. The topological polar surface area (TPSA) is 95.6 Å². The van der Waals surface area contributed by atoms with E-state index in [9.17, 15) is 4.79 Å². The van der Waals surface area contributed by atoms with E-state index in [4.69, 9.17) is 15.9 Å². The van der Waals surface area contributed by atoms with E-state index in [1.807, 2.05) is 13.8 Å². The van der Waals surface area contributed by atoms with Crippen LogP contribution in [0, 0.1) is 6.92 Å². The van der Waals surface area contributed by atoms with Crippen molar-refractivity contribution in [1.82, 2.24) is 0 Å². The summed E-state index contributed by atoms with van der Waals surface area (Å²) in [5, 5.41) is 21.2. The van der Waals surface area contributed by atoms with Crippen molar-refractivity contribution in [2.45, 2.75) is 26.3 Å². The Labute approximate surface area is 100 Å². The lowest BCUT2D eigenvalue weighted by atomic mass is 10.0. The monoisotopic (exact) mass is 238 g/mol. The molecular formula is C12H18N2O3. The summed E-state index contributed by atoms with van der Waals surface area (Å²) in [6, 6.07) is 3.24. The number of rotatable bonds is 4. The van der Waals surface area contributed by atoms with Crippen molar-refractivity contribution in [3.05, 3.63) is 23.3 Å². The predicted octanol–water partition coefficient (Wildman–Crippen LogP) is 1.46. The van der Waals surface area contributed by atoms with Gasteiger partial charge in [-0.2, -0.15) is 0 Å². The average molecular weight is 238 g/mol. The number of hydrogen-bond acceptors (Lipinski definition) is 4. The van der Waals surface area contributed by atoms with E-state index in [2.05, 4.69) is 5.32 Å². The van der Waals surface area contributed by atoms with Crippen molar-refractivity contribution < 1.29 is 15.0 Å². The first kappa shape index (κ1) is 13.3. The van der Waals surface area contributed by atoms with Crippen LogP contribution in [0.1, 0.15) is 29.8 Å². The summed E-state index contributed by atoms with van der Waals surface area (Å²) in [7, 11) is 0. The number of carboxylic acid groups (broad SMARTS) is 1. The van der Waals surface area contributed by atoms with Gasteiger partial charge in [0.2, 0.25) is 0 Å². The highest BCUT2D eigenvalue weighted by atomic mass is 16.4. The van der Waals surface area contributed by atoms with Gasteiger partial charge in [-0.05, 0) is 38.5 Å². The van der Waals surface area contributed by atoms with Crippen molar-refractivity contribution in [1.29, 1.82) is 0 Å². The summed E-state index contributed by atoms with van der Waals surface area (Å²) in [6.07, 6.45) is 0. The smallest absolute Gasteiger partial charge is 0.337 e. The number of aromatic carboxylic acids is 1. The molecule has 1 aromatic rings. The van der Waals surface area contributed by atoms with Gasteiger partial charge in [-0.15, -0.1) is 0 Å². The van der Waals surface area contributed by atoms with Crippen LogP contribution in [0.5, 0.6) is 0 Å². The number of nitrogens with one attached hydrogen (secondary N) is 1. The van der Waals surface area contributed by atoms with Crippen LogP contribution >= 0.6 is 0 Å². The lowest BCUT2D eigenvalue weighted by Crippen LogP contribution is -2.35. The molecular weight excluding hydrogens is 220 g/mol. The molecule has 0 aliphatic rings. The second-order valence-electron chi connectivity index (χ2n) is 4.73. The Kier molecular flexibility index (Phi) is 3.63. The third-order valence-corrected chi connectivity index (χ3v) is 2.50. The summed E-state index contributed by atoms with van der Waals surface area (Å²) >= 11 is 0. The van der Waals surface area contributed by atoms with Crippen LogP contribution in [-0.2, 0) is 0 Å². The Morgan fingerprint density at radius 3 is 2.53 bits per heavy atom. The number of hydrogen-bond donors (Lipinski definition) is 4. The Morgan fingerprint density at radius 2 is 2.06 bits per heavy atom. The van der Waals surface area contributed by atoms with Crippen molar-refractivity contribution in [2.24, 2.45) is 0 Å². The fourth-order valence-corrected chi connectivity index (χ4v) is 1.48. The molecule has 0 heterocycles. The van der Waals surface area contributed by atoms with Gasteiger partial charge in [0.05, 0.1) is 17.7 Å². The molecule has 0 bridgehead atoms. The van der Waals surface area contributed by atoms with Crippen LogP contribution in [0.4, 0.5) is 11.4 Å². The van der Waals surface area contributed by atoms with Crippen molar-refractivity contribution in [3.63, 3.8) is 0 Å². The fraction of sp³-hybridized carbons (Fsp3) is 0.417. The average Bonchev–Trinajstić information content (AvgIpc) is 2.22. The Bertz CT molecular complexity index is 442. The van der Waals surface area contributed by atoms with E-state index in [1.165, 1.54) is 6.07 Å². The molecule has 94 valence electrons. The lowest BCUT2D eigenvalue weighted by Gasteiger charge is -2.25. The van der Waals surface area contributed by atoms with Crippen molar-refractivity contribution >= 4 is 17.3 Å². The summed E-state index contributed by atoms with van der Waals surface area (Å²) in [5.74, 6) is -1.06. The maximum Gasteiger partial charge on any atom is 0.337 e. The number of carboxylic acids is 1. The molecule has 5 heteroatoms. The van der Waals surface area contributed by atoms with E-state index in [-0.39, 0.29) is 17.9 Å². The van der Waals surface area contributed by atoms with Crippen molar-refractivity contribution in [3.8, 4) is 0 Å². The minimum Gasteiger partial charge on any atom is -0.478 e. The third-order valence-electron chi connectivity index (χ3n) is 2.50.